The lowest BCUT2D eigenvalue weighted by Gasteiger charge is -1.75. The fourth-order valence-corrected chi connectivity index (χ4v) is 0.830. The lowest BCUT2D eigenvalue weighted by atomic mass is 10.4. The minimum atomic E-state index is 0.831. The first-order valence-electron chi connectivity index (χ1n) is 2.40. The SMILES string of the molecule is Cc1cc(CBr)n[nH]1. The number of hydrogen-bond donors (Lipinski definition) is 1. The van der Waals surface area contributed by atoms with E-state index < -0.39 is 0 Å². The van der Waals surface area contributed by atoms with Crippen molar-refractivity contribution in [3.8, 4) is 0 Å². The van der Waals surface area contributed by atoms with Crippen LogP contribution >= 0.6 is 15.9 Å². The second kappa shape index (κ2) is 2.31. The van der Waals surface area contributed by atoms with Gasteiger partial charge in [-0.1, -0.05) is 15.9 Å². The molecule has 0 spiro atoms. The molecule has 44 valence electrons. The van der Waals surface area contributed by atoms with Gasteiger partial charge in [-0.05, 0) is 13.0 Å². The predicted octanol–water partition coefficient (Wildman–Crippen LogP) is 1.61. The maximum absolute atomic E-state index is 3.96. The molecule has 0 fully saturated rings. The zero-order chi connectivity index (χ0) is 5.98. The number of hydrogen-bond acceptors (Lipinski definition) is 1. The summed E-state index contributed by atoms with van der Waals surface area (Å²) in [5.74, 6) is 0. The van der Waals surface area contributed by atoms with E-state index in [0.717, 1.165) is 16.7 Å². The van der Waals surface area contributed by atoms with Crippen LogP contribution in [0.2, 0.25) is 0 Å². The number of aromatic amines is 1. The average molecular weight is 175 g/mol. The molecule has 0 aliphatic heterocycles. The Balaban J connectivity index is 2.84. The van der Waals surface area contributed by atoms with E-state index in [4.69, 9.17) is 0 Å². The van der Waals surface area contributed by atoms with Crippen LogP contribution < -0.4 is 0 Å². The normalized spacial score (nSPS) is 9.75. The molecule has 0 radical (unpaired) electrons. The van der Waals surface area contributed by atoms with Crippen molar-refractivity contribution < 1.29 is 0 Å². The van der Waals surface area contributed by atoms with Gasteiger partial charge in [-0.15, -0.1) is 0 Å². The molecule has 8 heavy (non-hydrogen) atoms. The molecule has 2 nitrogen and oxygen atoms in total. The van der Waals surface area contributed by atoms with Crippen LogP contribution in [-0.4, -0.2) is 10.2 Å². The van der Waals surface area contributed by atoms with Crippen LogP contribution in [0.5, 0.6) is 0 Å². The Bertz CT molecular complexity index is 171. The summed E-state index contributed by atoms with van der Waals surface area (Å²) in [7, 11) is 0. The van der Waals surface area contributed by atoms with Crippen molar-refractivity contribution >= 4 is 15.9 Å². The summed E-state index contributed by atoms with van der Waals surface area (Å²) in [6.45, 7) is 1.99. The number of rotatable bonds is 1. The molecule has 0 saturated carbocycles. The lowest BCUT2D eigenvalue weighted by molar-refractivity contribution is 1.01. The minimum absolute atomic E-state index is 0.831. The second-order valence-corrected chi connectivity index (χ2v) is 2.24. The highest BCUT2D eigenvalue weighted by Crippen LogP contribution is 2.01. The molecule has 0 atom stereocenters. The van der Waals surface area contributed by atoms with Crippen molar-refractivity contribution in [1.29, 1.82) is 0 Å². The molecule has 0 bridgehead atoms. The molecule has 0 aliphatic carbocycles. The van der Waals surface area contributed by atoms with Crippen molar-refractivity contribution in [2.45, 2.75) is 12.3 Å². The Morgan fingerprint density at radius 2 is 2.62 bits per heavy atom. The quantitative estimate of drug-likeness (QED) is 0.645. The number of halogens is 1. The monoisotopic (exact) mass is 174 g/mol. The van der Waals surface area contributed by atoms with E-state index >= 15 is 0 Å². The zero-order valence-corrected chi connectivity index (χ0v) is 6.20. The number of nitrogens with zero attached hydrogens (tertiary/aromatic N) is 1. The van der Waals surface area contributed by atoms with E-state index in [2.05, 4.69) is 26.1 Å². The van der Waals surface area contributed by atoms with E-state index in [-0.39, 0.29) is 0 Å². The molecule has 0 unspecified atom stereocenters. The van der Waals surface area contributed by atoms with Gasteiger partial charge in [0, 0.05) is 11.0 Å². The van der Waals surface area contributed by atoms with Crippen LogP contribution in [0, 0.1) is 6.92 Å². The van der Waals surface area contributed by atoms with Crippen molar-refractivity contribution in [1.82, 2.24) is 10.2 Å². The van der Waals surface area contributed by atoms with E-state index in [9.17, 15) is 0 Å². The Morgan fingerprint density at radius 1 is 1.88 bits per heavy atom. The largest absolute Gasteiger partial charge is 0.283 e. The fourth-order valence-electron chi connectivity index (χ4n) is 0.543. The van der Waals surface area contributed by atoms with Gasteiger partial charge in [0.1, 0.15) is 0 Å². The van der Waals surface area contributed by atoms with Gasteiger partial charge in [-0.3, -0.25) is 5.10 Å². The molecular weight excluding hydrogens is 168 g/mol. The van der Waals surface area contributed by atoms with Crippen molar-refractivity contribution in [3.63, 3.8) is 0 Å². The van der Waals surface area contributed by atoms with Crippen LogP contribution in [0.1, 0.15) is 11.4 Å². The summed E-state index contributed by atoms with van der Waals surface area (Å²) in [6.07, 6.45) is 0. The Morgan fingerprint density at radius 3 is 2.88 bits per heavy atom. The Hall–Kier alpha value is -0.310. The summed E-state index contributed by atoms with van der Waals surface area (Å²) in [5.41, 5.74) is 2.17. The topological polar surface area (TPSA) is 28.7 Å². The first-order valence-corrected chi connectivity index (χ1v) is 3.52. The highest BCUT2D eigenvalue weighted by atomic mass is 79.9. The molecule has 3 heteroatoms. The number of aromatic nitrogens is 2. The first kappa shape index (κ1) is 5.82. The van der Waals surface area contributed by atoms with E-state index in [0.29, 0.717) is 0 Å². The fraction of sp³-hybridized carbons (Fsp3) is 0.400. The van der Waals surface area contributed by atoms with Gasteiger partial charge < -0.3 is 0 Å². The van der Waals surface area contributed by atoms with E-state index in [1.807, 2.05) is 13.0 Å². The third-order valence-electron chi connectivity index (χ3n) is 0.896. The van der Waals surface area contributed by atoms with Crippen molar-refractivity contribution in [2.24, 2.45) is 0 Å². The van der Waals surface area contributed by atoms with Gasteiger partial charge in [-0.2, -0.15) is 5.10 Å². The molecule has 0 aromatic carbocycles. The average Bonchev–Trinajstić information content (AvgIpc) is 2.14. The maximum atomic E-state index is 3.96. The Kier molecular flexibility index (Phi) is 1.68. The third kappa shape index (κ3) is 1.10. The molecule has 0 saturated heterocycles. The summed E-state index contributed by atoms with van der Waals surface area (Å²) in [6, 6.07) is 2.01. The van der Waals surface area contributed by atoms with Gasteiger partial charge in [0.2, 0.25) is 0 Å². The smallest absolute Gasteiger partial charge is 0.0730 e. The van der Waals surface area contributed by atoms with Crippen LogP contribution in [-0.2, 0) is 5.33 Å². The Labute approximate surface area is 56.4 Å². The summed E-state index contributed by atoms with van der Waals surface area (Å²) < 4.78 is 0. The van der Waals surface area contributed by atoms with E-state index in [1.54, 1.807) is 0 Å². The molecule has 0 amide bonds. The number of nitrogens with one attached hydrogen (secondary N) is 1. The minimum Gasteiger partial charge on any atom is -0.283 e. The third-order valence-corrected chi connectivity index (χ3v) is 1.47. The molecule has 1 rings (SSSR count). The van der Waals surface area contributed by atoms with Crippen molar-refractivity contribution in [3.05, 3.63) is 17.5 Å². The highest BCUT2D eigenvalue weighted by molar-refractivity contribution is 9.08. The molecule has 0 aliphatic rings. The predicted molar refractivity (Wildman–Crippen MR) is 36.0 cm³/mol. The summed E-state index contributed by atoms with van der Waals surface area (Å²) >= 11 is 3.29. The number of aryl methyl sites for hydroxylation is 1. The standard InChI is InChI=1S/C5H7BrN2/c1-4-2-5(3-6)8-7-4/h2H,3H2,1H3,(H,7,8). The zero-order valence-electron chi connectivity index (χ0n) is 4.61. The summed E-state index contributed by atoms with van der Waals surface area (Å²) in [5, 5.41) is 7.63. The van der Waals surface area contributed by atoms with Gasteiger partial charge in [0.05, 0.1) is 5.69 Å². The number of alkyl halides is 1. The molecule has 1 aromatic rings. The van der Waals surface area contributed by atoms with Gasteiger partial charge in [0.25, 0.3) is 0 Å². The molecule has 1 heterocycles. The molecular formula is C5H7BrN2. The lowest BCUT2D eigenvalue weighted by Crippen LogP contribution is -1.73. The molecule has 1 N–H and O–H groups in total. The highest BCUT2D eigenvalue weighted by Gasteiger charge is 1.91. The van der Waals surface area contributed by atoms with Crippen LogP contribution in [0.25, 0.3) is 0 Å². The number of H-pyrrole nitrogens is 1. The van der Waals surface area contributed by atoms with Gasteiger partial charge in [0.15, 0.2) is 0 Å². The molecule has 1 aromatic heterocycles. The van der Waals surface area contributed by atoms with E-state index in [1.165, 1.54) is 0 Å². The second-order valence-electron chi connectivity index (χ2n) is 1.68. The van der Waals surface area contributed by atoms with Crippen LogP contribution in [0.15, 0.2) is 6.07 Å². The van der Waals surface area contributed by atoms with Crippen LogP contribution in [0.4, 0.5) is 0 Å². The first-order chi connectivity index (χ1) is 3.83. The van der Waals surface area contributed by atoms with Crippen molar-refractivity contribution in [2.75, 3.05) is 0 Å². The summed E-state index contributed by atoms with van der Waals surface area (Å²) in [4.78, 5) is 0. The van der Waals surface area contributed by atoms with Gasteiger partial charge in [-0.25, -0.2) is 0 Å². The van der Waals surface area contributed by atoms with Crippen LogP contribution in [0.3, 0.4) is 0 Å². The van der Waals surface area contributed by atoms with Gasteiger partial charge >= 0.3 is 0 Å². The maximum Gasteiger partial charge on any atom is 0.0730 e.